The van der Waals surface area contributed by atoms with Crippen LogP contribution in [0.4, 0.5) is 57.1 Å². The summed E-state index contributed by atoms with van der Waals surface area (Å²) in [5.41, 5.74) is 1.78. The Bertz CT molecular complexity index is 574. The van der Waals surface area contributed by atoms with E-state index in [4.69, 9.17) is 0 Å². The zero-order chi connectivity index (χ0) is 22.2. The van der Waals surface area contributed by atoms with Crippen LogP contribution in [-0.2, 0) is 0 Å². The molecule has 0 spiro atoms. The van der Waals surface area contributed by atoms with Gasteiger partial charge in [-0.15, -0.1) is 11.5 Å². The van der Waals surface area contributed by atoms with Crippen LogP contribution in [0.5, 0.6) is 0 Å². The Morgan fingerprint density at radius 3 is 1.41 bits per heavy atom. The Hall–Kier alpha value is -1.13. The van der Waals surface area contributed by atoms with E-state index in [-0.39, 0.29) is 0 Å². The Morgan fingerprint density at radius 2 is 1.07 bits per heavy atom. The van der Waals surface area contributed by atoms with Crippen molar-refractivity contribution in [2.24, 2.45) is 0 Å². The molecule has 27 heavy (non-hydrogen) atoms. The van der Waals surface area contributed by atoms with Crippen molar-refractivity contribution >= 4 is 8.07 Å². The lowest BCUT2D eigenvalue weighted by Gasteiger charge is -2.40. The topological polar surface area (TPSA) is 0 Å². The zero-order valence-corrected chi connectivity index (χ0v) is 14.7. The summed E-state index contributed by atoms with van der Waals surface area (Å²) in [7, 11) is -4.38. The molecule has 0 aliphatic heterocycles. The molecule has 14 heteroatoms. The van der Waals surface area contributed by atoms with Gasteiger partial charge >= 0.3 is 23.7 Å². The third-order valence-electron chi connectivity index (χ3n) is 3.50. The maximum atomic E-state index is 13.9. The number of hydrogen-bond acceptors (Lipinski definition) is 0. The molecule has 3 atom stereocenters. The van der Waals surface area contributed by atoms with E-state index in [9.17, 15) is 57.1 Å². The molecule has 0 heterocycles. The van der Waals surface area contributed by atoms with Crippen LogP contribution >= 0.6 is 0 Å². The minimum absolute atomic E-state index is 0.598. The van der Waals surface area contributed by atoms with Crippen LogP contribution in [0.15, 0.2) is 0 Å². The van der Waals surface area contributed by atoms with Crippen molar-refractivity contribution in [3.63, 3.8) is 0 Å². The first-order valence-electron chi connectivity index (χ1n) is 6.89. The van der Waals surface area contributed by atoms with Crippen LogP contribution in [0, 0.1) is 11.5 Å². The lowest BCUT2D eigenvalue weighted by Crippen LogP contribution is -2.70. The van der Waals surface area contributed by atoms with Gasteiger partial charge in [0.2, 0.25) is 6.17 Å². The normalized spacial score (nSPS) is 18.0. The molecule has 0 saturated carbocycles. The maximum Gasteiger partial charge on any atom is 0.381 e. The van der Waals surface area contributed by atoms with Gasteiger partial charge in [-0.2, -0.15) is 35.1 Å². The van der Waals surface area contributed by atoms with Crippen LogP contribution < -0.4 is 0 Å². The van der Waals surface area contributed by atoms with E-state index in [1.165, 1.54) is 0 Å². The SMILES string of the molecule is CC#C[Si](C)(C)C(F)C(F)(F)C(F)(F)C(F)(F)C(F)(F)C(F)C(F)C(F)F. The molecule has 0 fully saturated rings. The van der Waals surface area contributed by atoms with Gasteiger partial charge in [0.15, 0.2) is 20.0 Å². The number of halogens is 13. The average molecular weight is 444 g/mol. The van der Waals surface area contributed by atoms with E-state index in [2.05, 4.69) is 0 Å². The molecule has 0 aromatic heterocycles. The first-order chi connectivity index (χ1) is 11.7. The van der Waals surface area contributed by atoms with Crippen molar-refractivity contribution in [2.45, 2.75) is 68.3 Å². The standard InChI is InChI=1S/C13H13F13Si/c1-4-5-27(2,3)9(18)11(21,22)13(25,26)12(23,24)10(19,20)7(15)6(14)8(16)17/h6-9H,1-3H3. The van der Waals surface area contributed by atoms with Gasteiger partial charge < -0.3 is 0 Å². The van der Waals surface area contributed by atoms with Crippen LogP contribution in [0.3, 0.4) is 0 Å². The molecule has 0 aliphatic rings. The molecule has 160 valence electrons. The van der Waals surface area contributed by atoms with Crippen molar-refractivity contribution < 1.29 is 57.1 Å². The van der Waals surface area contributed by atoms with E-state index < -0.39 is 56.3 Å². The molecule has 0 saturated heterocycles. The Kier molecular flexibility index (Phi) is 7.38. The van der Waals surface area contributed by atoms with E-state index >= 15 is 0 Å². The fourth-order valence-corrected chi connectivity index (χ4v) is 3.78. The Balaban J connectivity index is 6.24. The Morgan fingerprint density at radius 1 is 0.704 bits per heavy atom. The van der Waals surface area contributed by atoms with Crippen molar-refractivity contribution in [1.82, 2.24) is 0 Å². The van der Waals surface area contributed by atoms with Crippen molar-refractivity contribution in [1.29, 1.82) is 0 Å². The fraction of sp³-hybridized carbons (Fsp3) is 0.846. The smallest absolute Gasteiger partial charge is 0.243 e. The largest absolute Gasteiger partial charge is 0.381 e. The molecule has 0 rings (SSSR count). The molecule has 0 aliphatic carbocycles. The van der Waals surface area contributed by atoms with Crippen molar-refractivity contribution in [2.75, 3.05) is 0 Å². The van der Waals surface area contributed by atoms with E-state index in [1.54, 1.807) is 5.54 Å². The highest BCUT2D eigenvalue weighted by Gasteiger charge is 2.85. The summed E-state index contributed by atoms with van der Waals surface area (Å²) >= 11 is 0. The first kappa shape index (κ1) is 25.9. The van der Waals surface area contributed by atoms with Gasteiger partial charge in [0, 0.05) is 0 Å². The average Bonchev–Trinajstić information content (AvgIpc) is 2.51. The molecule has 0 aromatic carbocycles. The van der Waals surface area contributed by atoms with Gasteiger partial charge in [0.25, 0.3) is 6.43 Å². The zero-order valence-electron chi connectivity index (χ0n) is 13.7. The van der Waals surface area contributed by atoms with E-state index in [1.807, 2.05) is 5.92 Å². The van der Waals surface area contributed by atoms with Crippen LogP contribution in [-0.4, -0.2) is 56.3 Å². The van der Waals surface area contributed by atoms with E-state index in [0.717, 1.165) is 6.92 Å². The monoisotopic (exact) mass is 444 g/mol. The van der Waals surface area contributed by atoms with Gasteiger partial charge in [-0.05, 0) is 6.92 Å². The minimum atomic E-state index is -7.42. The summed E-state index contributed by atoms with van der Waals surface area (Å²) in [6.45, 7) is 2.17. The summed E-state index contributed by atoms with van der Waals surface area (Å²) in [4.78, 5) is 0. The highest BCUT2D eigenvalue weighted by atomic mass is 28.3. The predicted molar refractivity (Wildman–Crippen MR) is 71.4 cm³/mol. The molecule has 0 amide bonds. The molecule has 0 aromatic rings. The van der Waals surface area contributed by atoms with Crippen LogP contribution in [0.25, 0.3) is 0 Å². The second kappa shape index (κ2) is 7.71. The van der Waals surface area contributed by atoms with Gasteiger partial charge in [0.1, 0.15) is 0 Å². The second-order valence-corrected chi connectivity index (χ2v) is 10.2. The van der Waals surface area contributed by atoms with Crippen LogP contribution in [0.2, 0.25) is 13.1 Å². The summed E-state index contributed by atoms with van der Waals surface area (Å²) in [5, 5.41) is 0. The quantitative estimate of drug-likeness (QED) is 0.259. The van der Waals surface area contributed by atoms with Gasteiger partial charge in [0.05, 0.1) is 0 Å². The number of rotatable bonds is 8. The van der Waals surface area contributed by atoms with E-state index in [0.29, 0.717) is 13.1 Å². The molecular formula is C13H13F13Si. The van der Waals surface area contributed by atoms with Crippen molar-refractivity contribution in [3.8, 4) is 11.5 Å². The third kappa shape index (κ3) is 4.17. The van der Waals surface area contributed by atoms with Crippen LogP contribution in [0.1, 0.15) is 6.92 Å². The molecular weight excluding hydrogens is 431 g/mol. The molecule has 0 bridgehead atoms. The van der Waals surface area contributed by atoms with Gasteiger partial charge in [-0.3, -0.25) is 0 Å². The molecule has 0 nitrogen and oxygen atoms in total. The maximum absolute atomic E-state index is 13.9. The molecule has 3 unspecified atom stereocenters. The number of alkyl halides is 13. The Labute approximate surface area is 146 Å². The summed E-state index contributed by atoms with van der Waals surface area (Å²) in [5.74, 6) is -30.5. The highest BCUT2D eigenvalue weighted by Crippen LogP contribution is 2.56. The van der Waals surface area contributed by atoms with Crippen molar-refractivity contribution in [3.05, 3.63) is 0 Å². The number of hydrogen-bond donors (Lipinski definition) is 0. The highest BCUT2D eigenvalue weighted by molar-refractivity contribution is 6.86. The van der Waals surface area contributed by atoms with Gasteiger partial charge in [-0.25, -0.2) is 22.0 Å². The lowest BCUT2D eigenvalue weighted by atomic mass is 9.94. The predicted octanol–water partition coefficient (Wildman–Crippen LogP) is 5.62. The molecule has 0 radical (unpaired) electrons. The van der Waals surface area contributed by atoms with Gasteiger partial charge in [-0.1, -0.05) is 13.1 Å². The third-order valence-corrected chi connectivity index (χ3v) is 6.02. The molecule has 0 N–H and O–H groups in total. The summed E-state index contributed by atoms with van der Waals surface area (Å²) < 4.78 is 172. The summed E-state index contributed by atoms with van der Waals surface area (Å²) in [6.07, 6.45) is -14.6. The lowest BCUT2D eigenvalue weighted by molar-refractivity contribution is -0.383. The summed E-state index contributed by atoms with van der Waals surface area (Å²) in [6, 6.07) is 0. The first-order valence-corrected chi connectivity index (χ1v) is 9.96. The fourth-order valence-electron chi connectivity index (χ4n) is 1.92. The second-order valence-electron chi connectivity index (χ2n) is 6.03. The minimum Gasteiger partial charge on any atom is -0.243 e.